The van der Waals surface area contributed by atoms with Crippen molar-refractivity contribution in [1.82, 2.24) is 19.4 Å². The van der Waals surface area contributed by atoms with Crippen LogP contribution in [0, 0.1) is 12.3 Å². The molecule has 2 aliphatic heterocycles. The highest BCUT2D eigenvalue weighted by atomic mass is 19.4. The van der Waals surface area contributed by atoms with Gasteiger partial charge in [-0.1, -0.05) is 20.8 Å². The first-order valence-corrected chi connectivity index (χ1v) is 14.3. The number of carboxylic acid groups (broad SMARTS) is 1. The van der Waals surface area contributed by atoms with E-state index in [9.17, 15) is 18.0 Å². The standard InChI is InChI=1S/C27H37N7O3.C2HF3O2/c1-18-14-23(32-8-6-7-9-32)29-34-25(18)30-33(26(34)28)17-22(35)19-15-20(27(2,3)4)24(36-5)21(16-19)31-10-12-37-13-11-31;3-2(4,5)1(6)7/h14-16,28H,6-13,17H2,1-5H3;(H,6,7). The fraction of sp³-hybridized carbons (Fsp3) is 0.552. The minimum Gasteiger partial charge on any atom is -0.494 e. The Morgan fingerprint density at radius 3 is 2.18 bits per heavy atom. The van der Waals surface area contributed by atoms with Crippen LogP contribution < -0.4 is 20.2 Å². The lowest BCUT2D eigenvalue weighted by Crippen LogP contribution is -2.37. The summed E-state index contributed by atoms with van der Waals surface area (Å²) in [5.41, 5.74) is 3.85. The molecule has 3 aromatic rings. The van der Waals surface area contributed by atoms with Gasteiger partial charge in [-0.2, -0.15) is 17.7 Å². The number of hydrogen-bond acceptors (Lipinski definition) is 9. The van der Waals surface area contributed by atoms with Crippen molar-refractivity contribution in [2.24, 2.45) is 0 Å². The lowest BCUT2D eigenvalue weighted by atomic mass is 9.84. The van der Waals surface area contributed by atoms with Crippen LogP contribution in [0.4, 0.5) is 24.7 Å². The lowest BCUT2D eigenvalue weighted by molar-refractivity contribution is -0.192. The van der Waals surface area contributed by atoms with Crippen LogP contribution in [0.1, 0.15) is 55.1 Å². The fourth-order valence-electron chi connectivity index (χ4n) is 5.17. The number of methoxy groups -OCH3 is 1. The minimum atomic E-state index is -5.08. The number of aliphatic carboxylic acids is 1. The van der Waals surface area contributed by atoms with Crippen molar-refractivity contribution < 1.29 is 37.3 Å². The number of anilines is 2. The van der Waals surface area contributed by atoms with Gasteiger partial charge in [-0.05, 0) is 48.9 Å². The van der Waals surface area contributed by atoms with Crippen LogP contribution in [0.5, 0.6) is 5.75 Å². The summed E-state index contributed by atoms with van der Waals surface area (Å²) in [6.45, 7) is 13.0. The highest BCUT2D eigenvalue weighted by Gasteiger charge is 2.38. The van der Waals surface area contributed by atoms with E-state index in [1.54, 1.807) is 11.6 Å². The maximum absolute atomic E-state index is 13.7. The summed E-state index contributed by atoms with van der Waals surface area (Å²) in [6, 6.07) is 5.86. The molecule has 0 amide bonds. The van der Waals surface area contributed by atoms with Gasteiger partial charge in [0.05, 0.1) is 26.0 Å². The molecule has 2 saturated heterocycles. The predicted octanol–water partition coefficient (Wildman–Crippen LogP) is 3.58. The summed E-state index contributed by atoms with van der Waals surface area (Å²) in [7, 11) is 1.68. The SMILES string of the molecule is COc1c(N2CCOCC2)cc(C(=O)Cn2nc3c(C)cc(N4CCCC4)nn3c2=N)cc1C(C)(C)C.O=C(O)C(F)(F)F. The maximum Gasteiger partial charge on any atom is 0.490 e. The van der Waals surface area contributed by atoms with E-state index in [4.69, 9.17) is 24.8 Å². The smallest absolute Gasteiger partial charge is 0.490 e. The van der Waals surface area contributed by atoms with Crippen LogP contribution in [-0.2, 0) is 21.5 Å². The Morgan fingerprint density at radius 1 is 1.02 bits per heavy atom. The zero-order valence-electron chi connectivity index (χ0n) is 25.5. The first kappa shape index (κ1) is 32.8. The summed E-state index contributed by atoms with van der Waals surface area (Å²) in [5.74, 6) is -1.22. The Bertz CT molecular complexity index is 1580. The molecule has 0 radical (unpaired) electrons. The van der Waals surface area contributed by atoms with Crippen LogP contribution in [0.3, 0.4) is 0 Å². The van der Waals surface area contributed by atoms with Gasteiger partial charge in [-0.15, -0.1) is 10.2 Å². The Hall–Kier alpha value is -4.14. The number of Topliss-reactive ketones (excluding diaryl/α,β-unsaturated/α-hetero) is 1. The number of fused-ring (bicyclic) bond motifs is 1. The molecule has 5 rings (SSSR count). The average Bonchev–Trinajstić information content (AvgIpc) is 3.61. The van der Waals surface area contributed by atoms with Crippen molar-refractivity contribution in [3.63, 3.8) is 0 Å². The molecule has 2 aromatic heterocycles. The highest BCUT2D eigenvalue weighted by molar-refractivity contribution is 5.98. The zero-order valence-corrected chi connectivity index (χ0v) is 25.5. The molecule has 4 heterocycles. The van der Waals surface area contributed by atoms with Crippen LogP contribution in [0.25, 0.3) is 5.65 Å². The number of ketones is 1. The number of nitrogens with zero attached hydrogens (tertiary/aromatic N) is 6. The number of hydrogen-bond donors (Lipinski definition) is 2. The molecule has 44 heavy (non-hydrogen) atoms. The van der Waals surface area contributed by atoms with Crippen molar-refractivity contribution in [3.8, 4) is 5.75 Å². The summed E-state index contributed by atoms with van der Waals surface area (Å²) >= 11 is 0. The van der Waals surface area contributed by atoms with Gasteiger partial charge in [0.2, 0.25) is 5.62 Å². The number of carbonyl (C=O) groups excluding carboxylic acids is 1. The molecule has 15 heteroatoms. The Kier molecular flexibility index (Phi) is 9.56. The molecule has 0 bridgehead atoms. The summed E-state index contributed by atoms with van der Waals surface area (Å²) in [4.78, 5) is 27.0. The predicted molar refractivity (Wildman–Crippen MR) is 156 cm³/mol. The number of ether oxygens (including phenoxy) is 2. The molecule has 0 unspecified atom stereocenters. The average molecular weight is 622 g/mol. The van der Waals surface area contributed by atoms with Gasteiger partial charge < -0.3 is 24.4 Å². The number of benzene rings is 1. The van der Waals surface area contributed by atoms with Crippen molar-refractivity contribution in [1.29, 1.82) is 5.41 Å². The van der Waals surface area contributed by atoms with E-state index in [-0.39, 0.29) is 23.4 Å². The Morgan fingerprint density at radius 2 is 1.64 bits per heavy atom. The minimum absolute atomic E-state index is 0.0425. The molecule has 2 fully saturated rings. The van der Waals surface area contributed by atoms with Crippen LogP contribution in [-0.4, -0.2) is 88.9 Å². The van der Waals surface area contributed by atoms with E-state index >= 15 is 0 Å². The fourth-order valence-corrected chi connectivity index (χ4v) is 5.17. The van der Waals surface area contributed by atoms with Gasteiger partial charge in [0, 0.05) is 37.3 Å². The Labute approximate surface area is 252 Å². The quantitative estimate of drug-likeness (QED) is 0.396. The van der Waals surface area contributed by atoms with E-state index in [0.29, 0.717) is 24.4 Å². The topological polar surface area (TPSA) is 138 Å². The summed E-state index contributed by atoms with van der Waals surface area (Å²) in [6.07, 6.45) is -2.79. The van der Waals surface area contributed by atoms with E-state index in [1.165, 1.54) is 4.68 Å². The van der Waals surface area contributed by atoms with Crippen molar-refractivity contribution >= 4 is 28.9 Å². The molecule has 12 nitrogen and oxygen atoms in total. The second-order valence-electron chi connectivity index (χ2n) is 11.7. The summed E-state index contributed by atoms with van der Waals surface area (Å²) < 4.78 is 46.2. The molecule has 1 aromatic carbocycles. The van der Waals surface area contributed by atoms with Crippen molar-refractivity contribution in [2.75, 3.05) is 56.3 Å². The molecular formula is C29H38F3N7O5. The number of halogens is 3. The molecule has 0 atom stereocenters. The van der Waals surface area contributed by atoms with Gasteiger partial charge in [-0.3, -0.25) is 10.2 Å². The number of alkyl halides is 3. The number of aryl methyl sites for hydroxylation is 1. The monoisotopic (exact) mass is 621 g/mol. The van der Waals surface area contributed by atoms with Crippen molar-refractivity contribution in [3.05, 3.63) is 40.5 Å². The highest BCUT2D eigenvalue weighted by Crippen LogP contribution is 2.40. The first-order valence-electron chi connectivity index (χ1n) is 14.3. The maximum atomic E-state index is 13.7. The van der Waals surface area contributed by atoms with E-state index in [1.807, 2.05) is 25.1 Å². The molecule has 0 saturated carbocycles. The second kappa shape index (κ2) is 12.8. The third-order valence-electron chi connectivity index (χ3n) is 7.48. The molecule has 0 spiro atoms. The van der Waals surface area contributed by atoms with Crippen LogP contribution in [0.2, 0.25) is 0 Å². The third-order valence-corrected chi connectivity index (χ3v) is 7.48. The largest absolute Gasteiger partial charge is 0.494 e. The molecule has 240 valence electrons. The first-order chi connectivity index (χ1) is 20.6. The number of aromatic nitrogens is 4. The molecule has 0 aliphatic carbocycles. The number of carbonyl (C=O) groups is 2. The van der Waals surface area contributed by atoms with Gasteiger partial charge in [-0.25, -0.2) is 9.48 Å². The zero-order chi connectivity index (χ0) is 32.4. The number of nitrogens with one attached hydrogen (secondary N) is 1. The second-order valence-corrected chi connectivity index (χ2v) is 11.7. The van der Waals surface area contributed by atoms with Gasteiger partial charge in [0.15, 0.2) is 11.4 Å². The molecular weight excluding hydrogens is 583 g/mol. The van der Waals surface area contributed by atoms with E-state index in [2.05, 4.69) is 40.8 Å². The number of carboxylic acids is 1. The number of morpholine rings is 1. The van der Waals surface area contributed by atoms with E-state index in [0.717, 1.165) is 67.4 Å². The lowest BCUT2D eigenvalue weighted by Gasteiger charge is -2.33. The summed E-state index contributed by atoms with van der Waals surface area (Å²) in [5, 5.41) is 25.1. The van der Waals surface area contributed by atoms with Crippen LogP contribution >= 0.6 is 0 Å². The molecule has 2 N–H and O–H groups in total. The van der Waals surface area contributed by atoms with E-state index < -0.39 is 12.1 Å². The van der Waals surface area contributed by atoms with Gasteiger partial charge in [0.25, 0.3) is 0 Å². The van der Waals surface area contributed by atoms with Gasteiger partial charge >= 0.3 is 12.1 Å². The Balaban J connectivity index is 0.000000566. The van der Waals surface area contributed by atoms with Crippen LogP contribution in [0.15, 0.2) is 18.2 Å². The van der Waals surface area contributed by atoms with Crippen molar-refractivity contribution in [2.45, 2.75) is 58.7 Å². The number of rotatable bonds is 6. The van der Waals surface area contributed by atoms with Gasteiger partial charge in [0.1, 0.15) is 18.1 Å². The third kappa shape index (κ3) is 7.14. The molecule has 2 aliphatic rings. The normalized spacial score (nSPS) is 15.7.